The second-order valence-corrected chi connectivity index (χ2v) is 9.74. The van der Waals surface area contributed by atoms with E-state index in [1.54, 1.807) is 7.11 Å². The van der Waals surface area contributed by atoms with Crippen LogP contribution < -0.4 is 14.8 Å². The number of amides is 1. The Morgan fingerprint density at radius 2 is 1.85 bits per heavy atom. The van der Waals surface area contributed by atoms with Gasteiger partial charge in [0.1, 0.15) is 18.1 Å². The SMILES string of the molecule is CNCC(=O)N1CCc2c([nH]c3ccc(OC)cc23)C12CCN(CCOc1ccccc1)C2.O=C(O)C(F)(F)F. The van der Waals surface area contributed by atoms with Crippen molar-refractivity contribution in [2.24, 2.45) is 0 Å². The van der Waals surface area contributed by atoms with Crippen molar-refractivity contribution in [2.45, 2.75) is 24.6 Å². The van der Waals surface area contributed by atoms with Crippen LogP contribution in [-0.2, 0) is 21.5 Å². The lowest BCUT2D eigenvalue weighted by Crippen LogP contribution is -2.56. The number of alkyl halides is 3. The van der Waals surface area contributed by atoms with E-state index in [4.69, 9.17) is 19.4 Å². The number of aliphatic carboxylic acids is 1. The minimum atomic E-state index is -5.08. The number of carboxylic acids is 1. The largest absolute Gasteiger partial charge is 0.497 e. The van der Waals surface area contributed by atoms with Crippen LogP contribution >= 0.6 is 0 Å². The van der Waals surface area contributed by atoms with Crippen molar-refractivity contribution < 1.29 is 37.3 Å². The van der Waals surface area contributed by atoms with E-state index in [0.29, 0.717) is 13.2 Å². The molecule has 216 valence electrons. The molecule has 1 atom stereocenters. The molecule has 1 spiro atoms. The predicted molar refractivity (Wildman–Crippen MR) is 143 cm³/mol. The quantitative estimate of drug-likeness (QED) is 0.405. The first-order chi connectivity index (χ1) is 19.1. The van der Waals surface area contributed by atoms with Gasteiger partial charge in [-0.3, -0.25) is 9.69 Å². The summed E-state index contributed by atoms with van der Waals surface area (Å²) in [6, 6.07) is 16.1. The minimum Gasteiger partial charge on any atom is -0.497 e. The van der Waals surface area contributed by atoms with Gasteiger partial charge in [-0.25, -0.2) is 4.79 Å². The number of likely N-dealkylation sites (tertiary alicyclic amines) is 1. The molecule has 5 rings (SSSR count). The number of fused-ring (bicyclic) bond motifs is 4. The summed E-state index contributed by atoms with van der Waals surface area (Å²) >= 11 is 0. The molecule has 1 saturated heterocycles. The van der Waals surface area contributed by atoms with E-state index in [1.165, 1.54) is 16.6 Å². The number of H-pyrrole nitrogens is 1. The fourth-order valence-corrected chi connectivity index (χ4v) is 5.49. The molecule has 0 radical (unpaired) electrons. The van der Waals surface area contributed by atoms with E-state index in [1.807, 2.05) is 43.4 Å². The second-order valence-electron chi connectivity index (χ2n) is 9.74. The third-order valence-corrected chi connectivity index (χ3v) is 7.30. The summed E-state index contributed by atoms with van der Waals surface area (Å²) < 4.78 is 43.2. The van der Waals surface area contributed by atoms with Crippen LogP contribution in [0.5, 0.6) is 11.5 Å². The van der Waals surface area contributed by atoms with Gasteiger partial charge in [0.05, 0.1) is 19.2 Å². The van der Waals surface area contributed by atoms with Crippen molar-refractivity contribution in [1.82, 2.24) is 20.1 Å². The number of para-hydroxylation sites is 1. The van der Waals surface area contributed by atoms with Crippen molar-refractivity contribution in [3.63, 3.8) is 0 Å². The number of likely N-dealkylation sites (N-methyl/N-ethyl adjacent to an activating group) is 1. The van der Waals surface area contributed by atoms with Gasteiger partial charge in [-0.15, -0.1) is 0 Å². The standard InChI is InChI=1S/C26H32N4O3.C2HF3O2/c1-27-17-24(31)30-12-10-21-22-16-20(32-2)8-9-23(22)28-25(21)26(30)11-13-29(18-26)14-15-33-19-6-4-3-5-7-19;3-2(4,5)1(6)7/h3-9,16,27-28H,10-15,17-18H2,1-2H3;(H,6,7). The maximum atomic E-state index is 13.2. The maximum absolute atomic E-state index is 13.2. The summed E-state index contributed by atoms with van der Waals surface area (Å²) in [5.74, 6) is -0.853. The number of methoxy groups -OCH3 is 1. The Bertz CT molecular complexity index is 1330. The van der Waals surface area contributed by atoms with Crippen molar-refractivity contribution >= 4 is 22.8 Å². The molecule has 2 aromatic carbocycles. The Kier molecular flexibility index (Phi) is 8.89. The van der Waals surface area contributed by atoms with Crippen LogP contribution in [0.25, 0.3) is 10.9 Å². The summed E-state index contributed by atoms with van der Waals surface area (Å²) in [5.41, 5.74) is 3.27. The number of benzene rings is 2. The highest BCUT2D eigenvalue weighted by molar-refractivity contribution is 5.88. The Labute approximate surface area is 229 Å². The fraction of sp³-hybridized carbons (Fsp3) is 0.429. The first kappa shape index (κ1) is 29.2. The first-order valence-electron chi connectivity index (χ1n) is 12.9. The molecular weight excluding hydrogens is 529 g/mol. The number of carboxylic acid groups (broad SMARTS) is 1. The van der Waals surface area contributed by atoms with Gasteiger partial charge >= 0.3 is 12.1 Å². The zero-order valence-electron chi connectivity index (χ0n) is 22.4. The fourth-order valence-electron chi connectivity index (χ4n) is 5.49. The molecule has 1 amide bonds. The smallest absolute Gasteiger partial charge is 0.490 e. The molecule has 3 N–H and O–H groups in total. The van der Waals surface area contributed by atoms with Crippen LogP contribution in [0, 0.1) is 0 Å². The van der Waals surface area contributed by atoms with Gasteiger partial charge in [-0.2, -0.15) is 13.2 Å². The summed E-state index contributed by atoms with van der Waals surface area (Å²) in [6.45, 7) is 4.26. The number of rotatable bonds is 7. The molecule has 9 nitrogen and oxygen atoms in total. The zero-order chi connectivity index (χ0) is 28.9. The zero-order valence-corrected chi connectivity index (χ0v) is 22.4. The average molecular weight is 563 g/mol. The Morgan fingerprint density at radius 1 is 1.12 bits per heavy atom. The highest BCUT2D eigenvalue weighted by Crippen LogP contribution is 2.45. The summed E-state index contributed by atoms with van der Waals surface area (Å²) in [5, 5.41) is 11.4. The molecule has 1 fully saturated rings. The lowest BCUT2D eigenvalue weighted by molar-refractivity contribution is -0.192. The van der Waals surface area contributed by atoms with E-state index >= 15 is 0 Å². The molecule has 0 aliphatic carbocycles. The van der Waals surface area contributed by atoms with Crippen molar-refractivity contribution in [3.05, 3.63) is 59.8 Å². The number of ether oxygens (including phenoxy) is 2. The van der Waals surface area contributed by atoms with E-state index in [2.05, 4.69) is 32.2 Å². The van der Waals surface area contributed by atoms with E-state index in [0.717, 1.165) is 56.0 Å². The van der Waals surface area contributed by atoms with Crippen LogP contribution in [0.3, 0.4) is 0 Å². The van der Waals surface area contributed by atoms with E-state index < -0.39 is 12.1 Å². The topological polar surface area (TPSA) is 107 Å². The van der Waals surface area contributed by atoms with Gasteiger partial charge in [-0.1, -0.05) is 18.2 Å². The Hall–Kier alpha value is -3.77. The van der Waals surface area contributed by atoms with Crippen molar-refractivity contribution in [2.75, 3.05) is 53.5 Å². The Balaban J connectivity index is 0.000000470. The molecule has 40 heavy (non-hydrogen) atoms. The molecule has 3 aromatic rings. The molecule has 3 heterocycles. The number of hydrogen-bond donors (Lipinski definition) is 3. The van der Waals surface area contributed by atoms with E-state index in [9.17, 15) is 18.0 Å². The molecular formula is C28H33F3N4O5. The van der Waals surface area contributed by atoms with Crippen molar-refractivity contribution in [3.8, 4) is 11.5 Å². The number of nitrogens with zero attached hydrogens (tertiary/aromatic N) is 2. The number of carbonyl (C=O) groups is 2. The van der Waals surface area contributed by atoms with Gasteiger partial charge in [0.25, 0.3) is 0 Å². The van der Waals surface area contributed by atoms with Crippen LogP contribution in [0.1, 0.15) is 17.7 Å². The maximum Gasteiger partial charge on any atom is 0.490 e. The second kappa shape index (κ2) is 12.2. The average Bonchev–Trinajstić information content (AvgIpc) is 3.52. The molecule has 1 aromatic heterocycles. The summed E-state index contributed by atoms with van der Waals surface area (Å²) in [6.07, 6.45) is -3.33. The lowest BCUT2D eigenvalue weighted by Gasteiger charge is -2.45. The highest BCUT2D eigenvalue weighted by atomic mass is 19.4. The van der Waals surface area contributed by atoms with Gasteiger partial charge in [0, 0.05) is 42.8 Å². The molecule has 2 aliphatic rings. The van der Waals surface area contributed by atoms with E-state index in [-0.39, 0.29) is 11.4 Å². The molecule has 1 unspecified atom stereocenters. The molecule has 0 bridgehead atoms. The first-order valence-corrected chi connectivity index (χ1v) is 12.9. The van der Waals surface area contributed by atoms with Crippen LogP contribution in [0.15, 0.2) is 48.5 Å². The van der Waals surface area contributed by atoms with Gasteiger partial charge in [0.15, 0.2) is 0 Å². The number of hydrogen-bond acceptors (Lipinski definition) is 6. The number of carbonyl (C=O) groups excluding carboxylic acids is 1. The van der Waals surface area contributed by atoms with Crippen LogP contribution in [-0.4, -0.2) is 91.4 Å². The molecule has 12 heteroatoms. The number of halogens is 3. The third kappa shape index (κ3) is 6.18. The van der Waals surface area contributed by atoms with Gasteiger partial charge in [-0.05, 0) is 55.8 Å². The third-order valence-electron chi connectivity index (χ3n) is 7.30. The normalized spacial score (nSPS) is 18.8. The minimum absolute atomic E-state index is 0.154. The highest BCUT2D eigenvalue weighted by Gasteiger charge is 2.50. The number of nitrogens with one attached hydrogen (secondary N) is 2. The summed E-state index contributed by atoms with van der Waals surface area (Å²) in [4.78, 5) is 30.3. The van der Waals surface area contributed by atoms with Gasteiger partial charge in [0.2, 0.25) is 5.91 Å². The van der Waals surface area contributed by atoms with Crippen LogP contribution in [0.2, 0.25) is 0 Å². The summed E-state index contributed by atoms with van der Waals surface area (Å²) in [7, 11) is 3.53. The number of aromatic nitrogens is 1. The van der Waals surface area contributed by atoms with Crippen LogP contribution in [0.4, 0.5) is 13.2 Å². The van der Waals surface area contributed by atoms with Crippen molar-refractivity contribution in [1.29, 1.82) is 0 Å². The monoisotopic (exact) mass is 562 g/mol. The molecule has 2 aliphatic heterocycles. The lowest BCUT2D eigenvalue weighted by atomic mass is 9.83. The Morgan fingerprint density at radius 3 is 2.50 bits per heavy atom. The van der Waals surface area contributed by atoms with Gasteiger partial charge < -0.3 is 29.8 Å². The number of aromatic amines is 1. The molecule has 0 saturated carbocycles. The predicted octanol–water partition coefficient (Wildman–Crippen LogP) is 3.39.